The van der Waals surface area contributed by atoms with Gasteiger partial charge in [-0.1, -0.05) is 6.07 Å². The van der Waals surface area contributed by atoms with Crippen LogP contribution >= 0.6 is 0 Å². The standard InChI is InChI=1S/C14H15N5O2S/c1-9-14(10(2)19-18-9)22(20,21)17-8-11-3-4-12-13(7-11)16-6-5-15-12/h3-7,17H,8H2,1-2H3,(H,18,19). The van der Waals surface area contributed by atoms with Crippen LogP contribution in [0.2, 0.25) is 0 Å². The summed E-state index contributed by atoms with van der Waals surface area (Å²) in [6, 6.07) is 5.47. The number of hydrogen-bond donors (Lipinski definition) is 2. The van der Waals surface area contributed by atoms with Crippen LogP contribution in [-0.4, -0.2) is 28.6 Å². The molecule has 0 aliphatic rings. The van der Waals surface area contributed by atoms with Gasteiger partial charge in [0.05, 0.1) is 22.4 Å². The molecule has 8 heteroatoms. The molecular formula is C14H15N5O2S. The van der Waals surface area contributed by atoms with E-state index in [1.54, 1.807) is 26.2 Å². The smallest absolute Gasteiger partial charge is 0.244 e. The quantitative estimate of drug-likeness (QED) is 0.758. The number of benzene rings is 1. The molecule has 2 N–H and O–H groups in total. The third-order valence-electron chi connectivity index (χ3n) is 3.33. The van der Waals surface area contributed by atoms with Crippen molar-refractivity contribution in [3.63, 3.8) is 0 Å². The zero-order valence-electron chi connectivity index (χ0n) is 12.2. The van der Waals surface area contributed by atoms with Crippen molar-refractivity contribution >= 4 is 21.1 Å². The van der Waals surface area contributed by atoms with Gasteiger partial charge in [0.15, 0.2) is 0 Å². The van der Waals surface area contributed by atoms with Crippen LogP contribution in [0, 0.1) is 13.8 Å². The molecule has 0 spiro atoms. The first-order valence-corrected chi connectivity index (χ1v) is 8.16. The third kappa shape index (κ3) is 2.70. The maximum Gasteiger partial charge on any atom is 0.244 e. The summed E-state index contributed by atoms with van der Waals surface area (Å²) in [5.41, 5.74) is 3.30. The first-order chi connectivity index (χ1) is 10.5. The highest BCUT2D eigenvalue weighted by molar-refractivity contribution is 7.89. The van der Waals surface area contributed by atoms with Gasteiger partial charge in [-0.3, -0.25) is 15.1 Å². The molecule has 2 heterocycles. The van der Waals surface area contributed by atoms with E-state index in [-0.39, 0.29) is 11.4 Å². The van der Waals surface area contributed by atoms with Crippen molar-refractivity contribution in [2.45, 2.75) is 25.3 Å². The van der Waals surface area contributed by atoms with Gasteiger partial charge in [-0.15, -0.1) is 0 Å². The van der Waals surface area contributed by atoms with Crippen molar-refractivity contribution in [3.05, 3.63) is 47.5 Å². The van der Waals surface area contributed by atoms with Crippen molar-refractivity contribution in [2.75, 3.05) is 0 Å². The van der Waals surface area contributed by atoms with Crippen LogP contribution in [0.1, 0.15) is 17.0 Å². The average molecular weight is 317 g/mol. The van der Waals surface area contributed by atoms with E-state index in [1.165, 1.54) is 0 Å². The van der Waals surface area contributed by atoms with Gasteiger partial charge in [-0.05, 0) is 31.5 Å². The molecule has 0 radical (unpaired) electrons. The number of H-pyrrole nitrogens is 1. The fourth-order valence-corrected chi connectivity index (χ4v) is 3.69. The molecule has 0 saturated heterocycles. The number of rotatable bonds is 4. The van der Waals surface area contributed by atoms with Crippen molar-refractivity contribution in [1.82, 2.24) is 24.9 Å². The number of aromatic nitrogens is 4. The minimum atomic E-state index is -3.61. The van der Waals surface area contributed by atoms with Crippen molar-refractivity contribution in [3.8, 4) is 0 Å². The lowest BCUT2D eigenvalue weighted by molar-refractivity contribution is 0.580. The molecule has 22 heavy (non-hydrogen) atoms. The lowest BCUT2D eigenvalue weighted by atomic mass is 10.2. The van der Waals surface area contributed by atoms with Crippen molar-refractivity contribution in [1.29, 1.82) is 0 Å². The van der Waals surface area contributed by atoms with Gasteiger partial charge in [0.25, 0.3) is 0 Å². The number of nitrogens with zero attached hydrogens (tertiary/aromatic N) is 3. The van der Waals surface area contributed by atoms with Gasteiger partial charge in [0.1, 0.15) is 4.90 Å². The third-order valence-corrected chi connectivity index (χ3v) is 4.99. The van der Waals surface area contributed by atoms with Crippen molar-refractivity contribution < 1.29 is 8.42 Å². The highest BCUT2D eigenvalue weighted by atomic mass is 32.2. The van der Waals surface area contributed by atoms with E-state index in [4.69, 9.17) is 0 Å². The van der Waals surface area contributed by atoms with E-state index in [0.29, 0.717) is 11.4 Å². The molecule has 0 saturated carbocycles. The fraction of sp³-hybridized carbons (Fsp3) is 0.214. The molecule has 0 aliphatic heterocycles. The molecule has 0 aliphatic carbocycles. The fourth-order valence-electron chi connectivity index (χ4n) is 2.31. The zero-order valence-corrected chi connectivity index (χ0v) is 13.0. The number of aromatic amines is 1. The summed E-state index contributed by atoms with van der Waals surface area (Å²) in [5, 5.41) is 6.59. The predicted octanol–water partition coefficient (Wildman–Crippen LogP) is 1.45. The summed E-state index contributed by atoms with van der Waals surface area (Å²) >= 11 is 0. The summed E-state index contributed by atoms with van der Waals surface area (Å²) < 4.78 is 27.3. The highest BCUT2D eigenvalue weighted by Crippen LogP contribution is 2.17. The van der Waals surface area contributed by atoms with E-state index in [9.17, 15) is 8.42 Å². The van der Waals surface area contributed by atoms with Gasteiger partial charge in [-0.25, -0.2) is 13.1 Å². The van der Waals surface area contributed by atoms with Gasteiger partial charge in [-0.2, -0.15) is 5.10 Å². The largest absolute Gasteiger partial charge is 0.281 e. The summed E-state index contributed by atoms with van der Waals surface area (Å²) in [6.45, 7) is 3.52. The Morgan fingerprint density at radius 1 is 1.14 bits per heavy atom. The van der Waals surface area contributed by atoms with Crippen LogP contribution in [0.15, 0.2) is 35.5 Å². The molecular weight excluding hydrogens is 302 g/mol. The molecule has 2 aromatic heterocycles. The Labute approximate surface area is 127 Å². The summed E-state index contributed by atoms with van der Waals surface area (Å²) in [4.78, 5) is 8.59. The van der Waals surface area contributed by atoms with E-state index in [0.717, 1.165) is 16.6 Å². The number of hydrogen-bond acceptors (Lipinski definition) is 5. The molecule has 7 nitrogen and oxygen atoms in total. The van der Waals surface area contributed by atoms with E-state index >= 15 is 0 Å². The van der Waals surface area contributed by atoms with Gasteiger partial charge in [0.2, 0.25) is 10.0 Å². The summed E-state index contributed by atoms with van der Waals surface area (Å²) in [7, 11) is -3.61. The second-order valence-corrected chi connectivity index (χ2v) is 6.67. The number of aryl methyl sites for hydroxylation is 2. The van der Waals surface area contributed by atoms with E-state index in [2.05, 4.69) is 24.9 Å². The molecule has 0 fully saturated rings. The minimum absolute atomic E-state index is 0.179. The Kier molecular flexibility index (Phi) is 3.63. The van der Waals surface area contributed by atoms with Crippen LogP contribution in [-0.2, 0) is 16.6 Å². The number of fused-ring (bicyclic) bond motifs is 1. The van der Waals surface area contributed by atoms with Crippen LogP contribution in [0.25, 0.3) is 11.0 Å². The van der Waals surface area contributed by atoms with E-state index in [1.807, 2.05) is 18.2 Å². The molecule has 1 aromatic carbocycles. The topological polar surface area (TPSA) is 101 Å². The monoisotopic (exact) mass is 317 g/mol. The van der Waals surface area contributed by atoms with Crippen molar-refractivity contribution in [2.24, 2.45) is 0 Å². The Morgan fingerprint density at radius 3 is 2.55 bits per heavy atom. The lowest BCUT2D eigenvalue weighted by Crippen LogP contribution is -2.24. The second-order valence-electron chi connectivity index (χ2n) is 4.97. The number of nitrogens with one attached hydrogen (secondary N) is 2. The Hall–Kier alpha value is -2.32. The first kappa shape index (κ1) is 14.6. The van der Waals surface area contributed by atoms with Crippen LogP contribution in [0.5, 0.6) is 0 Å². The first-order valence-electron chi connectivity index (χ1n) is 6.68. The van der Waals surface area contributed by atoms with Crippen LogP contribution < -0.4 is 4.72 Å². The predicted molar refractivity (Wildman–Crippen MR) is 81.6 cm³/mol. The molecule has 0 bridgehead atoms. The molecule has 3 rings (SSSR count). The zero-order chi connectivity index (χ0) is 15.7. The molecule has 3 aromatic rings. The lowest BCUT2D eigenvalue weighted by Gasteiger charge is -2.07. The Balaban J connectivity index is 1.84. The normalized spacial score (nSPS) is 11.9. The van der Waals surface area contributed by atoms with Gasteiger partial charge >= 0.3 is 0 Å². The molecule has 0 unspecified atom stereocenters. The van der Waals surface area contributed by atoms with E-state index < -0.39 is 10.0 Å². The summed E-state index contributed by atoms with van der Waals surface area (Å²) in [5.74, 6) is 0. The van der Waals surface area contributed by atoms with Gasteiger partial charge < -0.3 is 0 Å². The van der Waals surface area contributed by atoms with Crippen LogP contribution in [0.3, 0.4) is 0 Å². The average Bonchev–Trinajstić information content (AvgIpc) is 2.85. The Morgan fingerprint density at radius 2 is 1.86 bits per heavy atom. The SMILES string of the molecule is Cc1n[nH]c(C)c1S(=O)(=O)NCc1ccc2nccnc2c1. The molecule has 0 amide bonds. The highest BCUT2D eigenvalue weighted by Gasteiger charge is 2.21. The minimum Gasteiger partial charge on any atom is -0.281 e. The summed E-state index contributed by atoms with van der Waals surface area (Å²) in [6.07, 6.45) is 3.23. The second kappa shape index (κ2) is 5.47. The molecule has 0 atom stereocenters. The number of sulfonamides is 1. The van der Waals surface area contributed by atoms with Gasteiger partial charge in [0, 0.05) is 18.9 Å². The molecule has 114 valence electrons. The maximum absolute atomic E-state index is 12.4. The Bertz CT molecular complexity index is 914. The van der Waals surface area contributed by atoms with Crippen LogP contribution in [0.4, 0.5) is 0 Å². The maximum atomic E-state index is 12.4.